The number of imide groups is 2. The molecule has 0 spiro atoms. The Labute approximate surface area is 149 Å². The molecule has 0 aliphatic carbocycles. The van der Waals surface area contributed by atoms with E-state index >= 15 is 0 Å². The van der Waals surface area contributed by atoms with E-state index < -0.39 is 28.3 Å². The van der Waals surface area contributed by atoms with Gasteiger partial charge in [0, 0.05) is 6.08 Å². The SMILES string of the molecule is O=C(/C=C1/SC(=O)NC1=O)Oc1ccc(/C=C2\SC(=O)NC2=O)cc1. The smallest absolute Gasteiger partial charge is 0.337 e. The quantitative estimate of drug-likeness (QED) is 0.466. The minimum atomic E-state index is -0.797. The number of carbonyl (C=O) groups is 5. The highest BCUT2D eigenvalue weighted by Gasteiger charge is 2.26. The number of ether oxygens (including phenoxy) is 1. The first kappa shape index (κ1) is 17.0. The van der Waals surface area contributed by atoms with Crippen LogP contribution in [0.3, 0.4) is 0 Å². The van der Waals surface area contributed by atoms with Crippen molar-refractivity contribution in [3.8, 4) is 5.75 Å². The summed E-state index contributed by atoms with van der Waals surface area (Å²) in [5.41, 5.74) is 0.641. The Kier molecular flexibility index (Phi) is 4.72. The van der Waals surface area contributed by atoms with Gasteiger partial charge in [0.1, 0.15) is 5.75 Å². The predicted octanol–water partition coefficient (Wildman–Crippen LogP) is 1.78. The van der Waals surface area contributed by atoms with Gasteiger partial charge in [0.2, 0.25) is 0 Å². The lowest BCUT2D eigenvalue weighted by Gasteiger charge is -2.02. The Hall–Kier alpha value is -2.85. The number of thioether (sulfide) groups is 2. The molecule has 25 heavy (non-hydrogen) atoms. The van der Waals surface area contributed by atoms with Gasteiger partial charge in [-0.05, 0) is 47.3 Å². The monoisotopic (exact) mass is 376 g/mol. The summed E-state index contributed by atoms with van der Waals surface area (Å²) in [6, 6.07) is 6.18. The van der Waals surface area contributed by atoms with Crippen LogP contribution in [0.2, 0.25) is 0 Å². The van der Waals surface area contributed by atoms with Crippen molar-refractivity contribution in [1.29, 1.82) is 0 Å². The third kappa shape index (κ3) is 4.17. The average molecular weight is 376 g/mol. The molecular formula is C15H8N2O6S2. The molecule has 10 heteroatoms. The number of amides is 4. The standard InChI is InChI=1S/C15H8N2O6S2/c18-11(6-10-13(20)17-15(22)25-10)23-8-3-1-7(2-4-8)5-9-12(19)16-14(21)24-9/h1-6H,(H,16,19,21)(H,17,20,22)/b9-5-,10-6+. The lowest BCUT2D eigenvalue weighted by Crippen LogP contribution is -2.18. The second kappa shape index (κ2) is 6.95. The fraction of sp³-hybridized carbons (Fsp3) is 0. The van der Waals surface area contributed by atoms with Crippen molar-refractivity contribution >= 4 is 57.9 Å². The molecule has 2 fully saturated rings. The van der Waals surface area contributed by atoms with E-state index in [1.54, 1.807) is 12.1 Å². The molecule has 126 valence electrons. The van der Waals surface area contributed by atoms with E-state index in [1.807, 2.05) is 5.32 Å². The highest BCUT2D eigenvalue weighted by Crippen LogP contribution is 2.26. The second-order valence-electron chi connectivity index (χ2n) is 4.69. The third-order valence-corrected chi connectivity index (χ3v) is 4.55. The van der Waals surface area contributed by atoms with Gasteiger partial charge in [-0.1, -0.05) is 12.1 Å². The number of nitrogens with one attached hydrogen (secondary N) is 2. The molecule has 2 N–H and O–H groups in total. The van der Waals surface area contributed by atoms with E-state index in [0.717, 1.165) is 17.8 Å². The van der Waals surface area contributed by atoms with Crippen LogP contribution in [0.1, 0.15) is 5.56 Å². The number of carbonyl (C=O) groups excluding carboxylic acids is 5. The van der Waals surface area contributed by atoms with Crippen LogP contribution in [0.25, 0.3) is 6.08 Å². The van der Waals surface area contributed by atoms with Crippen LogP contribution >= 0.6 is 23.5 Å². The highest BCUT2D eigenvalue weighted by atomic mass is 32.2. The summed E-state index contributed by atoms with van der Waals surface area (Å²) in [7, 11) is 0. The van der Waals surface area contributed by atoms with Crippen molar-refractivity contribution in [2.45, 2.75) is 0 Å². The zero-order chi connectivity index (χ0) is 18.0. The first-order valence-electron chi connectivity index (χ1n) is 6.72. The Morgan fingerprint density at radius 1 is 0.880 bits per heavy atom. The Balaban J connectivity index is 1.66. The number of rotatable bonds is 3. The molecule has 2 aliphatic rings. The minimum Gasteiger partial charge on any atom is -0.423 e. The molecule has 0 atom stereocenters. The third-order valence-electron chi connectivity index (χ3n) is 2.93. The van der Waals surface area contributed by atoms with Crippen molar-refractivity contribution in [1.82, 2.24) is 10.6 Å². The van der Waals surface area contributed by atoms with Crippen LogP contribution in [0.15, 0.2) is 40.2 Å². The molecule has 3 rings (SSSR count). The molecule has 2 saturated heterocycles. The van der Waals surface area contributed by atoms with Crippen molar-refractivity contribution in [2.75, 3.05) is 0 Å². The molecule has 1 aromatic rings. The van der Waals surface area contributed by atoms with Crippen molar-refractivity contribution in [3.63, 3.8) is 0 Å². The van der Waals surface area contributed by atoms with Gasteiger partial charge in [-0.25, -0.2) is 4.79 Å². The fourth-order valence-corrected chi connectivity index (χ4v) is 3.20. The Morgan fingerprint density at radius 3 is 1.96 bits per heavy atom. The van der Waals surface area contributed by atoms with Crippen LogP contribution in [-0.2, 0) is 14.4 Å². The van der Waals surface area contributed by atoms with Crippen LogP contribution in [-0.4, -0.2) is 28.3 Å². The average Bonchev–Trinajstić information content (AvgIpc) is 3.02. The summed E-state index contributed by atoms with van der Waals surface area (Å²) >= 11 is 1.42. The van der Waals surface area contributed by atoms with E-state index in [2.05, 4.69) is 5.32 Å². The van der Waals surface area contributed by atoms with E-state index in [-0.39, 0.29) is 15.6 Å². The van der Waals surface area contributed by atoms with Gasteiger partial charge in [0.15, 0.2) is 0 Å². The number of esters is 1. The van der Waals surface area contributed by atoms with Crippen molar-refractivity contribution in [2.24, 2.45) is 0 Å². The maximum Gasteiger partial charge on any atom is 0.337 e. The summed E-state index contributed by atoms with van der Waals surface area (Å²) in [6.07, 6.45) is 2.47. The Bertz CT molecular complexity index is 873. The summed E-state index contributed by atoms with van der Waals surface area (Å²) in [5.74, 6) is -1.68. The number of hydrogen-bond acceptors (Lipinski definition) is 8. The maximum absolute atomic E-state index is 11.8. The maximum atomic E-state index is 11.8. The molecule has 8 nitrogen and oxygen atoms in total. The van der Waals surface area contributed by atoms with E-state index in [0.29, 0.717) is 17.3 Å². The first-order chi connectivity index (χ1) is 11.9. The number of benzene rings is 1. The molecule has 0 aromatic heterocycles. The van der Waals surface area contributed by atoms with Gasteiger partial charge in [-0.3, -0.25) is 29.8 Å². The second-order valence-corrected chi connectivity index (χ2v) is 6.72. The molecule has 0 saturated carbocycles. The van der Waals surface area contributed by atoms with Crippen LogP contribution in [0.4, 0.5) is 9.59 Å². The lowest BCUT2D eigenvalue weighted by atomic mass is 10.2. The molecule has 4 amide bonds. The van der Waals surface area contributed by atoms with Gasteiger partial charge in [0.05, 0.1) is 9.81 Å². The molecule has 0 bridgehead atoms. The molecule has 1 aromatic carbocycles. The summed E-state index contributed by atoms with van der Waals surface area (Å²) in [6.45, 7) is 0. The molecule has 2 heterocycles. The fourth-order valence-electron chi connectivity index (χ4n) is 1.88. The normalized spacial score (nSPS) is 20.2. The van der Waals surface area contributed by atoms with Gasteiger partial charge in [-0.15, -0.1) is 0 Å². The van der Waals surface area contributed by atoms with Crippen LogP contribution in [0, 0.1) is 0 Å². The van der Waals surface area contributed by atoms with Crippen LogP contribution in [0.5, 0.6) is 5.75 Å². The zero-order valence-corrected chi connectivity index (χ0v) is 13.9. The van der Waals surface area contributed by atoms with Crippen molar-refractivity contribution in [3.05, 3.63) is 45.7 Å². The van der Waals surface area contributed by atoms with Crippen LogP contribution < -0.4 is 15.4 Å². The van der Waals surface area contributed by atoms with Gasteiger partial charge >= 0.3 is 5.97 Å². The van der Waals surface area contributed by atoms with Gasteiger partial charge in [-0.2, -0.15) is 0 Å². The highest BCUT2D eigenvalue weighted by molar-refractivity contribution is 8.18. The summed E-state index contributed by atoms with van der Waals surface area (Å²) in [5, 5.41) is 3.20. The Morgan fingerprint density at radius 2 is 1.44 bits per heavy atom. The van der Waals surface area contributed by atoms with E-state index in [1.165, 1.54) is 18.2 Å². The van der Waals surface area contributed by atoms with E-state index in [9.17, 15) is 24.0 Å². The largest absolute Gasteiger partial charge is 0.423 e. The summed E-state index contributed by atoms with van der Waals surface area (Å²) in [4.78, 5) is 56.9. The lowest BCUT2D eigenvalue weighted by molar-refractivity contribution is -0.129. The molecular weight excluding hydrogens is 368 g/mol. The predicted molar refractivity (Wildman–Crippen MR) is 90.4 cm³/mol. The minimum absolute atomic E-state index is 0.0368. The number of hydrogen-bond donors (Lipinski definition) is 2. The van der Waals surface area contributed by atoms with Gasteiger partial charge in [0.25, 0.3) is 22.3 Å². The zero-order valence-electron chi connectivity index (χ0n) is 12.2. The topological polar surface area (TPSA) is 119 Å². The molecule has 0 radical (unpaired) electrons. The molecule has 0 unspecified atom stereocenters. The molecule has 2 aliphatic heterocycles. The van der Waals surface area contributed by atoms with Crippen molar-refractivity contribution < 1.29 is 28.7 Å². The van der Waals surface area contributed by atoms with Gasteiger partial charge < -0.3 is 4.74 Å². The van der Waals surface area contributed by atoms with E-state index in [4.69, 9.17) is 4.74 Å². The first-order valence-corrected chi connectivity index (χ1v) is 8.35. The summed E-state index contributed by atoms with van der Waals surface area (Å²) < 4.78 is 5.04.